The number of anilines is 1. The lowest BCUT2D eigenvalue weighted by Crippen LogP contribution is -2.27. The molecule has 1 saturated heterocycles. The van der Waals surface area contributed by atoms with E-state index in [1.165, 1.54) is 41.3 Å². The highest BCUT2D eigenvalue weighted by atomic mass is 32.2. The fraction of sp³-hybridized carbons (Fsp3) is 0.312. The van der Waals surface area contributed by atoms with E-state index in [0.29, 0.717) is 17.9 Å². The number of benzene rings is 3. The summed E-state index contributed by atoms with van der Waals surface area (Å²) >= 11 is 0. The molecule has 43 heavy (non-hydrogen) atoms. The highest BCUT2D eigenvalue weighted by Gasteiger charge is 2.36. The number of carbonyl (C=O) groups is 4. The Bertz CT molecular complexity index is 1560. The van der Waals surface area contributed by atoms with Crippen LogP contribution in [0.5, 0.6) is 5.75 Å². The number of esters is 2. The smallest absolute Gasteiger partial charge is 0.339 e. The topological polar surface area (TPSA) is 133 Å². The number of aryl methyl sites for hydroxylation is 1. The van der Waals surface area contributed by atoms with Gasteiger partial charge in [-0.15, -0.1) is 0 Å². The molecular weight excluding hydrogens is 574 g/mol. The quantitative estimate of drug-likeness (QED) is 0.115. The molecule has 0 aromatic heterocycles. The maximum absolute atomic E-state index is 12.7. The first kappa shape index (κ1) is 31.4. The van der Waals surface area contributed by atoms with Gasteiger partial charge >= 0.3 is 22.1 Å². The van der Waals surface area contributed by atoms with Crippen molar-refractivity contribution < 1.29 is 41.3 Å². The van der Waals surface area contributed by atoms with Crippen molar-refractivity contribution >= 4 is 39.4 Å². The number of ether oxygens (including phenoxy) is 2. The summed E-state index contributed by atoms with van der Waals surface area (Å²) < 4.78 is 40.5. The predicted octanol–water partition coefficient (Wildman–Crippen LogP) is 4.89. The number of nitrogens with zero attached hydrogens (tertiary/aromatic N) is 1. The number of unbranched alkanes of at least 4 members (excludes halogenated alkanes) is 2. The van der Waals surface area contributed by atoms with Crippen LogP contribution < -0.4 is 9.08 Å². The first-order chi connectivity index (χ1) is 20.6. The molecule has 1 fully saturated rings. The third-order valence-electron chi connectivity index (χ3n) is 6.89. The third-order valence-corrected chi connectivity index (χ3v) is 8.15. The van der Waals surface area contributed by atoms with Crippen LogP contribution in [0.4, 0.5) is 5.69 Å². The van der Waals surface area contributed by atoms with E-state index in [2.05, 4.69) is 6.92 Å². The van der Waals surface area contributed by atoms with E-state index in [4.69, 9.17) is 13.7 Å². The van der Waals surface area contributed by atoms with Gasteiger partial charge in [-0.05, 0) is 74.0 Å². The standard InChI is InChI=1S/C32H33NO9S/c1-3-4-5-18-40-31(36)24-8-12-26(13-9-24)33-20-25(19-30(33)35)32(37)41-21-29(34)23-10-14-27(15-11-23)42-43(38,39)28-16-6-22(2)7-17-28/h6-17,25H,3-5,18-21H2,1-2H3/t25-/m0/s1. The molecule has 3 aromatic carbocycles. The molecular formula is C32H33NO9S. The van der Waals surface area contributed by atoms with Gasteiger partial charge in [0, 0.05) is 24.2 Å². The third kappa shape index (κ3) is 8.29. The fourth-order valence-electron chi connectivity index (χ4n) is 4.41. The Balaban J connectivity index is 1.26. The van der Waals surface area contributed by atoms with Crippen LogP contribution in [0, 0.1) is 12.8 Å². The summed E-state index contributed by atoms with van der Waals surface area (Å²) in [7, 11) is -4.04. The van der Waals surface area contributed by atoms with Crippen LogP contribution in [0.2, 0.25) is 0 Å². The zero-order chi connectivity index (χ0) is 31.0. The van der Waals surface area contributed by atoms with Crippen LogP contribution in [-0.2, 0) is 29.2 Å². The SMILES string of the molecule is CCCCCOC(=O)c1ccc(N2C[C@@H](C(=O)OCC(=O)c3ccc(OS(=O)(=O)c4ccc(C)cc4)cc3)CC2=O)cc1. The van der Waals surface area contributed by atoms with Crippen LogP contribution in [0.25, 0.3) is 0 Å². The summed E-state index contributed by atoms with van der Waals surface area (Å²) in [6.07, 6.45) is 2.73. The minimum Gasteiger partial charge on any atom is -0.462 e. The van der Waals surface area contributed by atoms with Crippen LogP contribution in [0.3, 0.4) is 0 Å². The summed E-state index contributed by atoms with van der Waals surface area (Å²) in [5, 5.41) is 0. The molecule has 1 aliphatic heterocycles. The second-order valence-corrected chi connectivity index (χ2v) is 11.7. The molecule has 1 aliphatic rings. The molecule has 4 rings (SSSR count). The lowest BCUT2D eigenvalue weighted by atomic mass is 10.1. The van der Waals surface area contributed by atoms with Crippen LogP contribution in [-0.4, -0.2) is 51.8 Å². The minimum atomic E-state index is -4.04. The molecule has 226 valence electrons. The Morgan fingerprint density at radius 2 is 1.51 bits per heavy atom. The van der Waals surface area contributed by atoms with E-state index in [1.54, 1.807) is 36.4 Å². The van der Waals surface area contributed by atoms with E-state index in [-0.39, 0.29) is 35.1 Å². The van der Waals surface area contributed by atoms with Gasteiger partial charge in [0.2, 0.25) is 5.91 Å². The molecule has 0 bridgehead atoms. The average Bonchev–Trinajstić information content (AvgIpc) is 3.40. The average molecular weight is 608 g/mol. The van der Waals surface area contributed by atoms with Crippen molar-refractivity contribution in [3.8, 4) is 5.75 Å². The van der Waals surface area contributed by atoms with Crippen molar-refractivity contribution in [2.75, 3.05) is 24.7 Å². The molecule has 0 spiro atoms. The first-order valence-corrected chi connectivity index (χ1v) is 15.4. The molecule has 0 unspecified atom stereocenters. The number of ketones is 1. The van der Waals surface area contributed by atoms with Crippen molar-refractivity contribution in [2.24, 2.45) is 5.92 Å². The molecule has 0 N–H and O–H groups in total. The highest BCUT2D eigenvalue weighted by molar-refractivity contribution is 7.87. The van der Waals surface area contributed by atoms with Crippen LogP contribution >= 0.6 is 0 Å². The lowest BCUT2D eigenvalue weighted by molar-refractivity contribution is -0.147. The zero-order valence-corrected chi connectivity index (χ0v) is 24.8. The Hall–Kier alpha value is -4.51. The Kier molecular flexibility index (Phi) is 10.3. The summed E-state index contributed by atoms with van der Waals surface area (Å²) in [6, 6.07) is 18.0. The highest BCUT2D eigenvalue weighted by Crippen LogP contribution is 2.27. The summed E-state index contributed by atoms with van der Waals surface area (Å²) in [4.78, 5) is 51.5. The normalized spacial score (nSPS) is 14.8. The van der Waals surface area contributed by atoms with Gasteiger partial charge in [0.15, 0.2) is 12.4 Å². The number of amides is 1. The van der Waals surface area contributed by atoms with Gasteiger partial charge in [0.05, 0.1) is 18.1 Å². The van der Waals surface area contributed by atoms with Gasteiger partial charge in [-0.25, -0.2) is 4.79 Å². The Morgan fingerprint density at radius 1 is 0.860 bits per heavy atom. The number of Topliss-reactive ketones (excluding diaryl/α,β-unsaturated/α-hetero) is 1. The van der Waals surface area contributed by atoms with Gasteiger partial charge in [0.25, 0.3) is 0 Å². The van der Waals surface area contributed by atoms with E-state index < -0.39 is 40.4 Å². The van der Waals surface area contributed by atoms with Crippen molar-refractivity contribution in [1.29, 1.82) is 0 Å². The van der Waals surface area contributed by atoms with E-state index >= 15 is 0 Å². The predicted molar refractivity (Wildman–Crippen MR) is 157 cm³/mol. The number of rotatable bonds is 13. The second kappa shape index (κ2) is 14.1. The molecule has 0 radical (unpaired) electrons. The summed E-state index contributed by atoms with van der Waals surface area (Å²) in [6.45, 7) is 3.79. The van der Waals surface area contributed by atoms with Crippen molar-refractivity contribution in [3.63, 3.8) is 0 Å². The zero-order valence-electron chi connectivity index (χ0n) is 24.0. The van der Waals surface area contributed by atoms with Gasteiger partial charge < -0.3 is 18.6 Å². The molecule has 10 nitrogen and oxygen atoms in total. The Labute approximate surface area is 250 Å². The maximum atomic E-state index is 12.7. The fourth-order valence-corrected chi connectivity index (χ4v) is 5.34. The lowest BCUT2D eigenvalue weighted by Gasteiger charge is -2.17. The van der Waals surface area contributed by atoms with Crippen molar-refractivity contribution in [2.45, 2.75) is 44.4 Å². The molecule has 1 amide bonds. The van der Waals surface area contributed by atoms with Gasteiger partial charge in [0.1, 0.15) is 10.6 Å². The van der Waals surface area contributed by atoms with Crippen molar-refractivity contribution in [1.82, 2.24) is 0 Å². The van der Waals surface area contributed by atoms with Crippen LogP contribution in [0.1, 0.15) is 58.9 Å². The Morgan fingerprint density at radius 3 is 2.16 bits per heavy atom. The van der Waals surface area contributed by atoms with E-state index in [0.717, 1.165) is 24.8 Å². The largest absolute Gasteiger partial charge is 0.462 e. The second-order valence-electron chi connectivity index (χ2n) is 10.2. The number of hydrogen-bond acceptors (Lipinski definition) is 9. The molecule has 3 aromatic rings. The monoisotopic (exact) mass is 607 g/mol. The first-order valence-electron chi connectivity index (χ1n) is 14.0. The molecule has 0 saturated carbocycles. The number of hydrogen-bond donors (Lipinski definition) is 0. The molecule has 1 atom stereocenters. The van der Waals surface area contributed by atoms with Crippen LogP contribution in [0.15, 0.2) is 77.7 Å². The molecule has 1 heterocycles. The summed E-state index contributed by atoms with van der Waals surface area (Å²) in [5.74, 6) is -2.63. The van der Waals surface area contributed by atoms with Gasteiger partial charge in [-0.1, -0.05) is 37.5 Å². The van der Waals surface area contributed by atoms with Gasteiger partial charge in [-0.2, -0.15) is 8.42 Å². The number of carbonyl (C=O) groups excluding carboxylic acids is 4. The van der Waals surface area contributed by atoms with E-state index in [1.807, 2.05) is 6.92 Å². The molecule has 11 heteroatoms. The summed E-state index contributed by atoms with van der Waals surface area (Å²) in [5.41, 5.74) is 2.00. The van der Waals surface area contributed by atoms with Crippen molar-refractivity contribution in [3.05, 3.63) is 89.5 Å². The van der Waals surface area contributed by atoms with E-state index in [9.17, 15) is 27.6 Å². The minimum absolute atomic E-state index is 0.00371. The maximum Gasteiger partial charge on any atom is 0.339 e. The molecule has 0 aliphatic carbocycles. The van der Waals surface area contributed by atoms with Gasteiger partial charge in [-0.3, -0.25) is 14.4 Å².